The van der Waals surface area contributed by atoms with Gasteiger partial charge < -0.3 is 19.5 Å². The van der Waals surface area contributed by atoms with Crippen LogP contribution in [0, 0.1) is 6.92 Å². The number of carbonyl (C=O) groups excluding carboxylic acids is 1. The van der Waals surface area contributed by atoms with Gasteiger partial charge in [-0.15, -0.1) is 0 Å². The molecule has 0 aliphatic rings. The van der Waals surface area contributed by atoms with E-state index >= 15 is 0 Å². The molecule has 0 aliphatic carbocycles. The number of para-hydroxylation sites is 2. The number of fused-ring (bicyclic) bond motifs is 2. The van der Waals surface area contributed by atoms with Gasteiger partial charge in [-0.25, -0.2) is 14.5 Å². The van der Waals surface area contributed by atoms with Gasteiger partial charge in [0.1, 0.15) is 16.7 Å². The number of rotatable bonds is 6. The number of benzene rings is 2. The molecule has 5 rings (SSSR count). The van der Waals surface area contributed by atoms with Crippen LogP contribution in [0.15, 0.2) is 69.0 Å². The molecule has 0 spiro atoms. The summed E-state index contributed by atoms with van der Waals surface area (Å²) in [5.74, 6) is 0.309. The zero-order chi connectivity index (χ0) is 24.5. The zero-order valence-electron chi connectivity index (χ0n) is 19.0. The molecule has 5 aromatic rings. The summed E-state index contributed by atoms with van der Waals surface area (Å²) in [6.07, 6.45) is 3.01. The van der Waals surface area contributed by atoms with Gasteiger partial charge >= 0.3 is 5.63 Å². The lowest BCUT2D eigenvalue weighted by Crippen LogP contribution is -2.17. The summed E-state index contributed by atoms with van der Waals surface area (Å²) in [4.78, 5) is 44.2. The zero-order valence-corrected chi connectivity index (χ0v) is 19.0. The minimum Gasteiger partial charge on any atom is -0.497 e. The second-order valence-corrected chi connectivity index (χ2v) is 7.95. The second-order valence-electron chi connectivity index (χ2n) is 7.95. The number of aromatic amines is 1. The number of aromatic nitrogens is 4. The van der Waals surface area contributed by atoms with Gasteiger partial charge in [-0.1, -0.05) is 12.1 Å². The Kier molecular flexibility index (Phi) is 5.61. The van der Waals surface area contributed by atoms with Crippen molar-refractivity contribution in [1.82, 2.24) is 19.7 Å². The summed E-state index contributed by atoms with van der Waals surface area (Å²) in [5, 5.41) is 8.28. The summed E-state index contributed by atoms with van der Waals surface area (Å²) in [5.41, 5.74) is 2.31. The third-order valence-corrected chi connectivity index (χ3v) is 5.87. The van der Waals surface area contributed by atoms with Crippen LogP contribution in [-0.4, -0.2) is 32.8 Å². The van der Waals surface area contributed by atoms with E-state index in [0.29, 0.717) is 39.3 Å². The van der Waals surface area contributed by atoms with Gasteiger partial charge in [-0.2, -0.15) is 5.10 Å². The van der Waals surface area contributed by atoms with E-state index in [1.165, 1.54) is 17.2 Å². The van der Waals surface area contributed by atoms with Gasteiger partial charge in [0.05, 0.1) is 31.0 Å². The molecule has 0 aliphatic heterocycles. The largest absolute Gasteiger partial charge is 0.497 e. The highest BCUT2D eigenvalue weighted by Crippen LogP contribution is 2.25. The average molecular weight is 471 g/mol. The number of H-pyrrole nitrogens is 1. The highest BCUT2D eigenvalue weighted by atomic mass is 16.5. The molecule has 2 N–H and O–H groups in total. The fourth-order valence-electron chi connectivity index (χ4n) is 4.04. The maximum Gasteiger partial charge on any atom is 0.339 e. The van der Waals surface area contributed by atoms with Crippen molar-refractivity contribution in [3.05, 3.63) is 86.9 Å². The van der Waals surface area contributed by atoms with Crippen LogP contribution in [0.2, 0.25) is 0 Å². The Morgan fingerprint density at radius 2 is 2.00 bits per heavy atom. The molecule has 176 valence electrons. The van der Waals surface area contributed by atoms with Crippen molar-refractivity contribution >= 4 is 33.6 Å². The van der Waals surface area contributed by atoms with Crippen LogP contribution in [0.5, 0.6) is 5.75 Å². The van der Waals surface area contributed by atoms with E-state index in [-0.39, 0.29) is 24.3 Å². The fourth-order valence-corrected chi connectivity index (χ4v) is 4.04. The Labute approximate surface area is 198 Å². The van der Waals surface area contributed by atoms with Crippen LogP contribution in [0.1, 0.15) is 17.5 Å². The lowest BCUT2D eigenvalue weighted by Gasteiger charge is -2.12. The van der Waals surface area contributed by atoms with E-state index in [0.717, 1.165) is 10.9 Å². The third kappa shape index (κ3) is 4.05. The Morgan fingerprint density at radius 1 is 1.17 bits per heavy atom. The first-order valence-electron chi connectivity index (χ1n) is 10.9. The summed E-state index contributed by atoms with van der Waals surface area (Å²) in [6.45, 7) is 1.84. The maximum atomic E-state index is 12.8. The summed E-state index contributed by atoms with van der Waals surface area (Å²) in [7, 11) is 1.54. The van der Waals surface area contributed by atoms with Crippen molar-refractivity contribution in [1.29, 1.82) is 0 Å². The number of nitrogens with zero attached hydrogens (tertiary/aromatic N) is 3. The first-order chi connectivity index (χ1) is 17.0. The van der Waals surface area contributed by atoms with E-state index in [2.05, 4.69) is 20.4 Å². The Balaban J connectivity index is 1.39. The van der Waals surface area contributed by atoms with Crippen molar-refractivity contribution < 1.29 is 13.9 Å². The topological polar surface area (TPSA) is 132 Å². The minimum absolute atomic E-state index is 0.0688. The number of hydrogen-bond acceptors (Lipinski definition) is 7. The lowest BCUT2D eigenvalue weighted by atomic mass is 10.0. The van der Waals surface area contributed by atoms with Crippen LogP contribution in [-0.2, 0) is 11.2 Å². The van der Waals surface area contributed by atoms with Gasteiger partial charge in [0.25, 0.3) is 5.56 Å². The van der Waals surface area contributed by atoms with E-state index in [1.807, 2.05) is 13.0 Å². The van der Waals surface area contributed by atoms with Gasteiger partial charge in [-0.05, 0) is 43.2 Å². The normalized spacial score (nSPS) is 11.1. The summed E-state index contributed by atoms with van der Waals surface area (Å²) in [6, 6.07) is 12.4. The number of nitrogens with one attached hydrogen (secondary N) is 2. The van der Waals surface area contributed by atoms with E-state index < -0.39 is 5.63 Å². The van der Waals surface area contributed by atoms with Gasteiger partial charge in [0.15, 0.2) is 5.65 Å². The first kappa shape index (κ1) is 22.1. The predicted octanol–water partition coefficient (Wildman–Crippen LogP) is 3.10. The molecule has 35 heavy (non-hydrogen) atoms. The number of carbonyl (C=O) groups is 1. The summed E-state index contributed by atoms with van der Waals surface area (Å²) < 4.78 is 12.2. The molecule has 1 amide bonds. The number of anilines is 1. The van der Waals surface area contributed by atoms with Crippen molar-refractivity contribution in [2.45, 2.75) is 19.8 Å². The molecule has 0 radical (unpaired) electrons. The second kappa shape index (κ2) is 8.90. The molecule has 0 saturated heterocycles. The third-order valence-electron chi connectivity index (χ3n) is 5.87. The number of methoxy groups -OCH3 is 1. The lowest BCUT2D eigenvalue weighted by molar-refractivity contribution is -0.116. The molecular weight excluding hydrogens is 450 g/mol. The molecule has 2 aromatic carbocycles. The number of aryl methyl sites for hydroxylation is 1. The van der Waals surface area contributed by atoms with Gasteiger partial charge in [0.2, 0.25) is 5.91 Å². The number of amides is 1. The Hall–Kier alpha value is -4.73. The highest BCUT2D eigenvalue weighted by Gasteiger charge is 2.16. The number of ether oxygens (including phenoxy) is 1. The number of hydrogen-bond donors (Lipinski definition) is 2. The quantitative estimate of drug-likeness (QED) is 0.364. The van der Waals surface area contributed by atoms with Crippen molar-refractivity contribution in [2.24, 2.45) is 0 Å². The maximum absolute atomic E-state index is 12.8. The smallest absolute Gasteiger partial charge is 0.339 e. The molecular formula is C25H21N5O5. The van der Waals surface area contributed by atoms with Crippen molar-refractivity contribution in [2.75, 3.05) is 12.4 Å². The Bertz CT molecular complexity index is 1700. The van der Waals surface area contributed by atoms with Crippen LogP contribution in [0.4, 0.5) is 5.69 Å². The highest BCUT2D eigenvalue weighted by molar-refractivity contribution is 5.93. The van der Waals surface area contributed by atoms with Gasteiger partial charge in [-0.3, -0.25) is 9.59 Å². The molecule has 0 fully saturated rings. The summed E-state index contributed by atoms with van der Waals surface area (Å²) >= 11 is 0. The molecule has 0 saturated carbocycles. The molecule has 3 heterocycles. The molecule has 3 aromatic heterocycles. The molecule has 10 nitrogen and oxygen atoms in total. The van der Waals surface area contributed by atoms with Crippen LogP contribution < -0.4 is 21.2 Å². The van der Waals surface area contributed by atoms with Crippen molar-refractivity contribution in [3.8, 4) is 11.4 Å². The first-order valence-corrected chi connectivity index (χ1v) is 10.9. The van der Waals surface area contributed by atoms with Crippen LogP contribution >= 0.6 is 0 Å². The monoisotopic (exact) mass is 471 g/mol. The van der Waals surface area contributed by atoms with Crippen molar-refractivity contribution in [3.63, 3.8) is 0 Å². The predicted molar refractivity (Wildman–Crippen MR) is 130 cm³/mol. The standard InChI is InChI=1S/C25H21N5O5/c1-14-16-8-7-15(34-2)11-21(16)35-25(33)17(14)9-10-22(31)29-19-5-3-4-6-20(19)30-23-18(12-28-30)24(32)27-13-26-23/h3-8,11-13H,9-10H2,1-2H3,(H,29,31)(H,26,27,32). The molecule has 0 unspecified atom stereocenters. The van der Waals surface area contributed by atoms with E-state index in [1.54, 1.807) is 43.5 Å². The van der Waals surface area contributed by atoms with E-state index in [4.69, 9.17) is 9.15 Å². The Morgan fingerprint density at radius 3 is 2.83 bits per heavy atom. The van der Waals surface area contributed by atoms with E-state index in [9.17, 15) is 14.4 Å². The fraction of sp³-hybridized carbons (Fsp3) is 0.160. The SMILES string of the molecule is COc1ccc2c(C)c(CCC(=O)Nc3ccccc3-n3ncc4c(=O)[nH]cnc43)c(=O)oc2c1. The molecule has 10 heteroatoms. The van der Waals surface area contributed by atoms with Gasteiger partial charge in [0, 0.05) is 23.4 Å². The van der Waals surface area contributed by atoms with Crippen LogP contribution in [0.3, 0.4) is 0 Å². The molecule has 0 bridgehead atoms. The van der Waals surface area contributed by atoms with Crippen LogP contribution in [0.25, 0.3) is 27.7 Å². The average Bonchev–Trinajstić information content (AvgIpc) is 3.29. The molecule has 0 atom stereocenters. The minimum atomic E-state index is -0.476.